The van der Waals surface area contributed by atoms with Crippen LogP contribution < -0.4 is 5.32 Å². The minimum atomic E-state index is 0.0495. The van der Waals surface area contributed by atoms with Gasteiger partial charge < -0.3 is 10.2 Å². The zero-order valence-electron chi connectivity index (χ0n) is 13.3. The van der Waals surface area contributed by atoms with Crippen LogP contribution in [0.25, 0.3) is 0 Å². The highest BCUT2D eigenvalue weighted by molar-refractivity contribution is 7.14. The van der Waals surface area contributed by atoms with Crippen molar-refractivity contribution in [3.05, 3.63) is 56.8 Å². The number of carbonyl (C=O) groups excluding carboxylic acids is 1. The standard InChI is InChI=1S/C18H22N2OS/c1-12-4-7-15-13(10-12)5-8-16(15)19-18(21)17-9-6-14(22-17)11-20(2)3/h4,6-7,9-10,16H,5,8,11H2,1-3H3,(H,19,21)/t16-/m1/s1. The van der Waals surface area contributed by atoms with Gasteiger partial charge in [-0.2, -0.15) is 0 Å². The molecule has 0 spiro atoms. The molecule has 22 heavy (non-hydrogen) atoms. The van der Waals surface area contributed by atoms with Gasteiger partial charge in [-0.1, -0.05) is 23.8 Å². The summed E-state index contributed by atoms with van der Waals surface area (Å²) in [6, 6.07) is 10.7. The van der Waals surface area contributed by atoms with E-state index in [1.807, 2.05) is 26.2 Å². The van der Waals surface area contributed by atoms with Crippen LogP contribution >= 0.6 is 11.3 Å². The van der Waals surface area contributed by atoms with Gasteiger partial charge in [-0.3, -0.25) is 4.79 Å². The third-order valence-electron chi connectivity index (χ3n) is 4.04. The van der Waals surface area contributed by atoms with E-state index in [9.17, 15) is 4.79 Å². The molecule has 116 valence electrons. The van der Waals surface area contributed by atoms with E-state index in [0.717, 1.165) is 24.3 Å². The third kappa shape index (κ3) is 3.23. The SMILES string of the molecule is Cc1ccc2c(c1)CC[C@H]2NC(=O)c1ccc(CN(C)C)s1. The minimum Gasteiger partial charge on any atom is -0.345 e. The fraction of sp³-hybridized carbons (Fsp3) is 0.389. The van der Waals surface area contributed by atoms with Crippen LogP contribution in [0.1, 0.15) is 43.7 Å². The van der Waals surface area contributed by atoms with Crippen molar-refractivity contribution in [2.45, 2.75) is 32.4 Å². The van der Waals surface area contributed by atoms with Crippen LogP contribution in [0.2, 0.25) is 0 Å². The number of nitrogens with zero attached hydrogens (tertiary/aromatic N) is 1. The molecule has 3 nitrogen and oxygen atoms in total. The molecule has 1 aromatic carbocycles. The van der Waals surface area contributed by atoms with Gasteiger partial charge in [0.15, 0.2) is 0 Å². The maximum Gasteiger partial charge on any atom is 0.261 e. The Labute approximate surface area is 136 Å². The molecule has 0 radical (unpaired) electrons. The van der Waals surface area contributed by atoms with Crippen LogP contribution in [-0.2, 0) is 13.0 Å². The van der Waals surface area contributed by atoms with Gasteiger partial charge in [-0.25, -0.2) is 0 Å². The van der Waals surface area contributed by atoms with E-state index >= 15 is 0 Å². The molecule has 1 aliphatic rings. The van der Waals surface area contributed by atoms with Gasteiger partial charge in [0.05, 0.1) is 10.9 Å². The van der Waals surface area contributed by atoms with Crippen LogP contribution in [-0.4, -0.2) is 24.9 Å². The van der Waals surface area contributed by atoms with Gasteiger partial charge in [-0.15, -0.1) is 11.3 Å². The van der Waals surface area contributed by atoms with E-state index in [-0.39, 0.29) is 11.9 Å². The molecule has 0 bridgehead atoms. The first kappa shape index (κ1) is 15.3. The normalized spacial score (nSPS) is 16.8. The van der Waals surface area contributed by atoms with E-state index in [4.69, 9.17) is 0 Å². The van der Waals surface area contributed by atoms with Crippen molar-refractivity contribution < 1.29 is 4.79 Å². The van der Waals surface area contributed by atoms with Crippen molar-refractivity contribution in [1.29, 1.82) is 0 Å². The average Bonchev–Trinajstić information content (AvgIpc) is 3.05. The summed E-state index contributed by atoms with van der Waals surface area (Å²) in [5, 5.41) is 3.20. The number of aryl methyl sites for hydroxylation is 2. The van der Waals surface area contributed by atoms with Gasteiger partial charge in [0.1, 0.15) is 0 Å². The number of fused-ring (bicyclic) bond motifs is 1. The Morgan fingerprint density at radius 3 is 2.91 bits per heavy atom. The Balaban J connectivity index is 1.69. The smallest absolute Gasteiger partial charge is 0.261 e. The van der Waals surface area contributed by atoms with Gasteiger partial charge in [-0.05, 0) is 57.1 Å². The monoisotopic (exact) mass is 314 g/mol. The summed E-state index contributed by atoms with van der Waals surface area (Å²) >= 11 is 1.58. The second kappa shape index (κ2) is 6.23. The number of hydrogen-bond acceptors (Lipinski definition) is 3. The summed E-state index contributed by atoms with van der Waals surface area (Å²) in [6.07, 6.45) is 2.05. The summed E-state index contributed by atoms with van der Waals surface area (Å²) in [7, 11) is 4.08. The topological polar surface area (TPSA) is 32.3 Å². The highest BCUT2D eigenvalue weighted by Gasteiger charge is 2.24. The third-order valence-corrected chi connectivity index (χ3v) is 5.11. The van der Waals surface area contributed by atoms with Crippen molar-refractivity contribution in [3.63, 3.8) is 0 Å². The quantitative estimate of drug-likeness (QED) is 0.936. The summed E-state index contributed by atoms with van der Waals surface area (Å²) < 4.78 is 0. The number of benzene rings is 1. The van der Waals surface area contributed by atoms with E-state index < -0.39 is 0 Å². The average molecular weight is 314 g/mol. The van der Waals surface area contributed by atoms with Gasteiger partial charge in [0.2, 0.25) is 0 Å². The maximum atomic E-state index is 12.5. The van der Waals surface area contributed by atoms with Gasteiger partial charge in [0.25, 0.3) is 5.91 Å². The van der Waals surface area contributed by atoms with Crippen molar-refractivity contribution in [2.24, 2.45) is 0 Å². The van der Waals surface area contributed by atoms with E-state index in [0.29, 0.717) is 0 Å². The molecule has 0 aliphatic heterocycles. The lowest BCUT2D eigenvalue weighted by atomic mass is 10.1. The van der Waals surface area contributed by atoms with Crippen LogP contribution in [0.5, 0.6) is 0 Å². The minimum absolute atomic E-state index is 0.0495. The molecule has 0 fully saturated rings. The van der Waals surface area contributed by atoms with Gasteiger partial charge >= 0.3 is 0 Å². The lowest BCUT2D eigenvalue weighted by molar-refractivity contribution is 0.0941. The van der Waals surface area contributed by atoms with E-state index in [1.54, 1.807) is 11.3 Å². The lowest BCUT2D eigenvalue weighted by Gasteiger charge is -2.13. The Kier molecular flexibility index (Phi) is 4.32. The first-order valence-electron chi connectivity index (χ1n) is 7.66. The number of carbonyl (C=O) groups is 1. The number of nitrogens with one attached hydrogen (secondary N) is 1. The molecule has 0 saturated carbocycles. The van der Waals surface area contributed by atoms with Crippen molar-refractivity contribution in [1.82, 2.24) is 10.2 Å². The van der Waals surface area contributed by atoms with E-state index in [2.05, 4.69) is 35.3 Å². The van der Waals surface area contributed by atoms with Crippen LogP contribution in [0.4, 0.5) is 0 Å². The largest absolute Gasteiger partial charge is 0.345 e. The summed E-state index contributed by atoms with van der Waals surface area (Å²) in [6.45, 7) is 2.99. The molecule has 1 aromatic heterocycles. The molecule has 0 saturated heterocycles. The molecule has 3 rings (SSSR count). The number of rotatable bonds is 4. The molecule has 1 aliphatic carbocycles. The number of hydrogen-bond donors (Lipinski definition) is 1. The predicted molar refractivity (Wildman–Crippen MR) is 91.4 cm³/mol. The fourth-order valence-corrected chi connectivity index (χ4v) is 4.05. The number of thiophene rings is 1. The highest BCUT2D eigenvalue weighted by atomic mass is 32.1. The Morgan fingerprint density at radius 1 is 1.32 bits per heavy atom. The molecule has 1 N–H and O–H groups in total. The summed E-state index contributed by atoms with van der Waals surface area (Å²) in [5.74, 6) is 0.0495. The lowest BCUT2D eigenvalue weighted by Crippen LogP contribution is -2.26. The molecular formula is C18H22N2OS. The molecule has 0 unspecified atom stereocenters. The first-order valence-corrected chi connectivity index (χ1v) is 8.48. The van der Waals surface area contributed by atoms with Crippen LogP contribution in [0.3, 0.4) is 0 Å². The molecule has 4 heteroatoms. The second-order valence-corrected chi connectivity index (χ2v) is 7.44. The molecule has 2 aromatic rings. The zero-order valence-corrected chi connectivity index (χ0v) is 14.2. The van der Waals surface area contributed by atoms with Gasteiger partial charge in [0, 0.05) is 11.4 Å². The number of amides is 1. The maximum absolute atomic E-state index is 12.5. The predicted octanol–water partition coefficient (Wildman–Crippen LogP) is 3.54. The van der Waals surface area contributed by atoms with Crippen LogP contribution in [0.15, 0.2) is 30.3 Å². The molecule has 1 heterocycles. The fourth-order valence-electron chi connectivity index (χ4n) is 3.02. The Hall–Kier alpha value is -1.65. The summed E-state index contributed by atoms with van der Waals surface area (Å²) in [4.78, 5) is 16.6. The molecule has 1 atom stereocenters. The zero-order chi connectivity index (χ0) is 15.7. The van der Waals surface area contributed by atoms with Crippen molar-refractivity contribution in [3.8, 4) is 0 Å². The second-order valence-electron chi connectivity index (χ2n) is 6.27. The first-order chi connectivity index (χ1) is 10.5. The van der Waals surface area contributed by atoms with E-state index in [1.165, 1.54) is 21.6 Å². The molecular weight excluding hydrogens is 292 g/mol. The van der Waals surface area contributed by atoms with Crippen molar-refractivity contribution in [2.75, 3.05) is 14.1 Å². The summed E-state index contributed by atoms with van der Waals surface area (Å²) in [5.41, 5.74) is 3.95. The van der Waals surface area contributed by atoms with Crippen LogP contribution in [0, 0.1) is 6.92 Å². The molecule has 1 amide bonds. The highest BCUT2D eigenvalue weighted by Crippen LogP contribution is 2.32. The Bertz CT molecular complexity index is 690. The van der Waals surface area contributed by atoms with Crippen molar-refractivity contribution >= 4 is 17.2 Å². The Morgan fingerprint density at radius 2 is 2.14 bits per heavy atom.